The van der Waals surface area contributed by atoms with Crippen molar-refractivity contribution in [1.82, 2.24) is 0 Å². The zero-order valence-corrected chi connectivity index (χ0v) is 21.6. The number of para-hydroxylation sites is 1. The van der Waals surface area contributed by atoms with Crippen LogP contribution in [0.3, 0.4) is 0 Å². The fraction of sp³-hybridized carbons (Fsp3) is 0.286. The number of amides is 1. The molecule has 0 aromatic heterocycles. The zero-order chi connectivity index (χ0) is 26.7. The second kappa shape index (κ2) is 8.59. The highest BCUT2D eigenvalue weighted by atomic mass is 35.5. The van der Waals surface area contributed by atoms with Crippen LogP contribution in [0.4, 0.5) is 11.4 Å². The number of rotatable bonds is 3. The van der Waals surface area contributed by atoms with Crippen molar-refractivity contribution in [2.24, 2.45) is 5.41 Å². The molecule has 5 rings (SSSR count). The van der Waals surface area contributed by atoms with Gasteiger partial charge in [-0.1, -0.05) is 43.6 Å². The Hall–Kier alpha value is -3.91. The van der Waals surface area contributed by atoms with Crippen LogP contribution in [0.25, 0.3) is 0 Å². The van der Waals surface area contributed by atoms with Crippen LogP contribution in [0.5, 0.6) is 0 Å². The van der Waals surface area contributed by atoms with Gasteiger partial charge in [-0.05, 0) is 42.2 Å². The summed E-state index contributed by atoms with van der Waals surface area (Å²) in [5.74, 6) is -2.70. The molecule has 2 aliphatic heterocycles. The Morgan fingerprint density at radius 1 is 0.946 bits per heavy atom. The van der Waals surface area contributed by atoms with Gasteiger partial charge in [0.2, 0.25) is 0 Å². The highest BCUT2D eigenvalue weighted by Gasteiger charge is 2.63. The predicted molar refractivity (Wildman–Crippen MR) is 137 cm³/mol. The number of halogens is 1. The number of carbonyl (C=O) groups is 4. The van der Waals surface area contributed by atoms with Crippen LogP contribution in [0.1, 0.15) is 32.3 Å². The van der Waals surface area contributed by atoms with Crippen LogP contribution < -0.4 is 10.2 Å². The van der Waals surface area contributed by atoms with Crippen molar-refractivity contribution in [3.8, 4) is 0 Å². The number of nitrogens with one attached hydrogen (secondary N) is 1. The molecule has 2 heterocycles. The van der Waals surface area contributed by atoms with Gasteiger partial charge >= 0.3 is 11.9 Å². The molecule has 1 amide bonds. The molecule has 2 aromatic carbocycles. The second-order valence-electron chi connectivity index (χ2n) is 10.0. The first-order valence-corrected chi connectivity index (χ1v) is 12.1. The van der Waals surface area contributed by atoms with E-state index in [1.54, 1.807) is 53.4 Å². The summed E-state index contributed by atoms with van der Waals surface area (Å²) >= 11 is 6.19. The molecule has 2 aromatic rings. The van der Waals surface area contributed by atoms with Crippen molar-refractivity contribution in [1.29, 1.82) is 0 Å². The molecule has 1 N–H and O–H groups in total. The van der Waals surface area contributed by atoms with Crippen LogP contribution in [-0.4, -0.2) is 37.8 Å². The molecule has 8 nitrogen and oxygen atoms in total. The minimum atomic E-state index is -1.85. The number of ether oxygens (including phenoxy) is 2. The van der Waals surface area contributed by atoms with Crippen molar-refractivity contribution in [3.05, 3.63) is 81.5 Å². The zero-order valence-electron chi connectivity index (χ0n) is 20.8. The summed E-state index contributed by atoms with van der Waals surface area (Å²) in [7, 11) is 2.33. The molecule has 0 fully saturated rings. The summed E-state index contributed by atoms with van der Waals surface area (Å²) < 4.78 is 10.2. The number of ketones is 1. The van der Waals surface area contributed by atoms with Crippen molar-refractivity contribution in [2.45, 2.75) is 32.2 Å². The average Bonchev–Trinajstić information content (AvgIpc) is 3.14. The highest BCUT2D eigenvalue weighted by Crippen LogP contribution is 2.57. The molecule has 3 aliphatic rings. The Labute approximate surface area is 218 Å². The maximum absolute atomic E-state index is 14.2. The van der Waals surface area contributed by atoms with Gasteiger partial charge in [0.25, 0.3) is 5.91 Å². The van der Waals surface area contributed by atoms with Gasteiger partial charge in [-0.15, -0.1) is 0 Å². The molecule has 1 unspecified atom stereocenters. The lowest BCUT2D eigenvalue weighted by Crippen LogP contribution is -2.58. The van der Waals surface area contributed by atoms with E-state index in [2.05, 4.69) is 5.32 Å². The van der Waals surface area contributed by atoms with Gasteiger partial charge in [-0.2, -0.15) is 0 Å². The molecule has 1 aliphatic carbocycles. The molecule has 37 heavy (non-hydrogen) atoms. The van der Waals surface area contributed by atoms with E-state index in [4.69, 9.17) is 21.1 Å². The van der Waals surface area contributed by atoms with E-state index in [0.29, 0.717) is 34.1 Å². The Kier molecular flexibility index (Phi) is 5.75. The Morgan fingerprint density at radius 2 is 1.59 bits per heavy atom. The largest absolute Gasteiger partial charge is 0.466 e. The fourth-order valence-corrected chi connectivity index (χ4v) is 5.82. The number of nitrogens with zero attached hydrogens (tertiary/aromatic N) is 1. The van der Waals surface area contributed by atoms with Crippen molar-refractivity contribution < 1.29 is 28.7 Å². The van der Waals surface area contributed by atoms with E-state index < -0.39 is 28.8 Å². The number of esters is 2. The van der Waals surface area contributed by atoms with Crippen LogP contribution in [0.2, 0.25) is 5.02 Å². The lowest BCUT2D eigenvalue weighted by molar-refractivity contribution is -0.141. The number of benzene rings is 2. The smallest absolute Gasteiger partial charge is 0.339 e. The predicted octanol–water partition coefficient (Wildman–Crippen LogP) is 4.29. The summed E-state index contributed by atoms with van der Waals surface area (Å²) in [4.78, 5) is 56.5. The van der Waals surface area contributed by atoms with Crippen LogP contribution in [0, 0.1) is 5.41 Å². The van der Waals surface area contributed by atoms with Gasteiger partial charge in [0.15, 0.2) is 11.3 Å². The van der Waals surface area contributed by atoms with Crippen molar-refractivity contribution in [2.75, 3.05) is 24.4 Å². The lowest BCUT2D eigenvalue weighted by atomic mass is 9.67. The normalized spacial score (nSPS) is 22.0. The van der Waals surface area contributed by atoms with Gasteiger partial charge in [0, 0.05) is 34.1 Å². The monoisotopic (exact) mass is 520 g/mol. The van der Waals surface area contributed by atoms with E-state index in [1.165, 1.54) is 14.2 Å². The minimum absolute atomic E-state index is 0.0596. The van der Waals surface area contributed by atoms with Gasteiger partial charge in [-0.3, -0.25) is 9.59 Å². The average molecular weight is 521 g/mol. The van der Waals surface area contributed by atoms with E-state index >= 15 is 0 Å². The van der Waals surface area contributed by atoms with Crippen LogP contribution in [-0.2, 0) is 34.2 Å². The number of fused-ring (bicyclic) bond motifs is 2. The molecule has 9 heteroatoms. The summed E-state index contributed by atoms with van der Waals surface area (Å²) in [5, 5.41) is 3.35. The van der Waals surface area contributed by atoms with Crippen LogP contribution >= 0.6 is 11.6 Å². The molecule has 1 spiro atoms. The lowest BCUT2D eigenvalue weighted by Gasteiger charge is -2.50. The standard InChI is InChI=1S/C28H25ClN2O6/c1-27(2)13-19-21(20(32)14-27)22(24(33)36-3)23(25(34)37-4)28(31(19)16-11-9-15(29)10-12-16)17-7-5-6-8-18(17)30-26(28)35/h5-12H,13-14H2,1-4H3,(H,30,35). The molecule has 190 valence electrons. The first-order valence-electron chi connectivity index (χ1n) is 11.7. The highest BCUT2D eigenvalue weighted by molar-refractivity contribution is 6.30. The summed E-state index contributed by atoms with van der Waals surface area (Å²) in [6.45, 7) is 3.89. The van der Waals surface area contributed by atoms with Crippen molar-refractivity contribution in [3.63, 3.8) is 0 Å². The van der Waals surface area contributed by atoms with E-state index in [1.807, 2.05) is 13.8 Å². The topological polar surface area (TPSA) is 102 Å². The maximum Gasteiger partial charge on any atom is 0.339 e. The summed E-state index contributed by atoms with van der Waals surface area (Å²) in [6, 6.07) is 13.7. The van der Waals surface area contributed by atoms with Gasteiger partial charge in [0.05, 0.1) is 30.9 Å². The number of hydrogen-bond acceptors (Lipinski definition) is 7. The van der Waals surface area contributed by atoms with Crippen molar-refractivity contribution >= 4 is 46.6 Å². The number of methoxy groups -OCH3 is 2. The molecular formula is C28H25ClN2O6. The number of Topliss-reactive ketones (excluding diaryl/α,β-unsaturated/α-hetero) is 1. The third-order valence-electron chi connectivity index (χ3n) is 7.08. The van der Waals surface area contributed by atoms with E-state index in [-0.39, 0.29) is 28.9 Å². The van der Waals surface area contributed by atoms with Gasteiger partial charge in [-0.25, -0.2) is 9.59 Å². The minimum Gasteiger partial charge on any atom is -0.466 e. The quantitative estimate of drug-likeness (QED) is 0.602. The second-order valence-corrected chi connectivity index (χ2v) is 10.5. The van der Waals surface area contributed by atoms with E-state index in [9.17, 15) is 19.2 Å². The number of anilines is 2. The Morgan fingerprint density at radius 3 is 2.24 bits per heavy atom. The SMILES string of the molecule is COC(=O)C1=C(C(=O)OC)C2(C(=O)Nc3ccccc32)N(c2ccc(Cl)cc2)C2=C1C(=O)CC(C)(C)C2. The third-order valence-corrected chi connectivity index (χ3v) is 7.33. The first-order chi connectivity index (χ1) is 17.6. The number of allylic oxidation sites excluding steroid dienone is 1. The first kappa shape index (κ1) is 24.8. The molecule has 1 atom stereocenters. The summed E-state index contributed by atoms with van der Waals surface area (Å²) in [5.41, 5.74) is -0.921. The molecule has 0 bridgehead atoms. The molecule has 0 saturated heterocycles. The Balaban J connectivity index is 2.01. The van der Waals surface area contributed by atoms with Gasteiger partial charge in [0.1, 0.15) is 0 Å². The molecule has 0 radical (unpaired) electrons. The number of carbonyl (C=O) groups excluding carboxylic acids is 4. The van der Waals surface area contributed by atoms with Crippen LogP contribution in [0.15, 0.2) is 70.9 Å². The number of hydrogen-bond donors (Lipinski definition) is 1. The van der Waals surface area contributed by atoms with E-state index in [0.717, 1.165) is 0 Å². The maximum atomic E-state index is 14.2. The Bertz CT molecular complexity index is 1440. The molecular weight excluding hydrogens is 496 g/mol. The third kappa shape index (κ3) is 3.50. The summed E-state index contributed by atoms with van der Waals surface area (Å²) in [6.07, 6.45) is 0.494. The van der Waals surface area contributed by atoms with Gasteiger partial charge < -0.3 is 19.7 Å². The fourth-order valence-electron chi connectivity index (χ4n) is 5.69. The molecule has 0 saturated carbocycles.